The summed E-state index contributed by atoms with van der Waals surface area (Å²) in [7, 11) is 0. The summed E-state index contributed by atoms with van der Waals surface area (Å²) in [5, 5.41) is 5.77. The lowest BCUT2D eigenvalue weighted by atomic mass is 10.2. The minimum absolute atomic E-state index is 0.133. The van der Waals surface area contributed by atoms with Gasteiger partial charge in [0.2, 0.25) is 0 Å². The fourth-order valence-corrected chi connectivity index (χ4v) is 2.81. The average molecular weight is 373 g/mol. The van der Waals surface area contributed by atoms with Gasteiger partial charge in [0.1, 0.15) is 0 Å². The Kier molecular flexibility index (Phi) is 4.18. The molecule has 6 heteroatoms. The molecule has 0 saturated heterocycles. The van der Waals surface area contributed by atoms with Gasteiger partial charge in [0.05, 0.1) is 17.2 Å². The van der Waals surface area contributed by atoms with Crippen LogP contribution in [0.5, 0.6) is 0 Å². The molecule has 0 atom stereocenters. The molecule has 18 heavy (non-hydrogen) atoms. The molecule has 3 N–H and O–H groups in total. The summed E-state index contributed by atoms with van der Waals surface area (Å²) in [4.78, 5) is 16.2. The Morgan fingerprint density at radius 3 is 2.89 bits per heavy atom. The van der Waals surface area contributed by atoms with Crippen molar-refractivity contribution in [2.45, 2.75) is 13.5 Å². The van der Waals surface area contributed by atoms with Gasteiger partial charge in [-0.05, 0) is 47.7 Å². The zero-order chi connectivity index (χ0) is 13.1. The number of halogens is 1. The third kappa shape index (κ3) is 3.42. The molecule has 0 bridgehead atoms. The summed E-state index contributed by atoms with van der Waals surface area (Å²) >= 11 is 3.71. The van der Waals surface area contributed by atoms with Crippen LogP contribution in [0.2, 0.25) is 0 Å². The van der Waals surface area contributed by atoms with Crippen molar-refractivity contribution in [1.29, 1.82) is 0 Å². The average Bonchev–Trinajstić information content (AvgIpc) is 2.70. The van der Waals surface area contributed by atoms with Crippen molar-refractivity contribution in [3.8, 4) is 0 Å². The number of amides is 1. The van der Waals surface area contributed by atoms with Crippen LogP contribution in [0.4, 0.5) is 5.69 Å². The maximum Gasteiger partial charge on any atom is 0.251 e. The topological polar surface area (TPSA) is 68.0 Å². The van der Waals surface area contributed by atoms with E-state index in [1.165, 1.54) is 0 Å². The van der Waals surface area contributed by atoms with Crippen LogP contribution in [0.25, 0.3) is 0 Å². The van der Waals surface area contributed by atoms with Gasteiger partial charge in [-0.1, -0.05) is 0 Å². The largest absolute Gasteiger partial charge is 0.399 e. The summed E-state index contributed by atoms with van der Waals surface area (Å²) in [6.07, 6.45) is 0. The third-order valence-corrected chi connectivity index (χ3v) is 3.72. The third-order valence-electron chi connectivity index (χ3n) is 2.28. The van der Waals surface area contributed by atoms with Crippen LogP contribution in [0.1, 0.15) is 21.1 Å². The second kappa shape index (κ2) is 5.66. The number of nitrogens with one attached hydrogen (secondary N) is 1. The molecular formula is C12H12IN3OS. The molecule has 2 rings (SSSR count). The number of hydrogen-bond donors (Lipinski definition) is 2. The molecular weight excluding hydrogens is 361 g/mol. The Hall–Kier alpha value is -1.15. The van der Waals surface area contributed by atoms with Gasteiger partial charge in [-0.25, -0.2) is 4.98 Å². The van der Waals surface area contributed by atoms with Gasteiger partial charge in [0.15, 0.2) is 0 Å². The molecule has 0 aliphatic heterocycles. The minimum Gasteiger partial charge on any atom is -0.399 e. The molecule has 4 nitrogen and oxygen atoms in total. The van der Waals surface area contributed by atoms with E-state index >= 15 is 0 Å². The summed E-state index contributed by atoms with van der Waals surface area (Å²) in [5.41, 5.74) is 7.76. The quantitative estimate of drug-likeness (QED) is 0.642. The summed E-state index contributed by atoms with van der Waals surface area (Å²) in [6.45, 7) is 2.38. The van der Waals surface area contributed by atoms with Crippen molar-refractivity contribution >= 4 is 45.5 Å². The maximum atomic E-state index is 11.9. The number of aryl methyl sites for hydroxylation is 1. The van der Waals surface area contributed by atoms with Gasteiger partial charge < -0.3 is 11.1 Å². The standard InChI is InChI=1S/C12H12IN3OS/c1-7-16-11(6-18-7)5-15-12(17)8-2-9(13)4-10(14)3-8/h2-4,6H,5,14H2,1H3,(H,15,17). The maximum absolute atomic E-state index is 11.9. The van der Waals surface area contributed by atoms with Crippen molar-refractivity contribution in [3.05, 3.63) is 43.4 Å². The van der Waals surface area contributed by atoms with Crippen LogP contribution in [0, 0.1) is 10.5 Å². The van der Waals surface area contributed by atoms with E-state index in [4.69, 9.17) is 5.73 Å². The van der Waals surface area contributed by atoms with E-state index in [9.17, 15) is 4.79 Å². The summed E-state index contributed by atoms with van der Waals surface area (Å²) in [5.74, 6) is -0.133. The number of rotatable bonds is 3. The predicted octanol–water partition coefficient (Wildman–Crippen LogP) is 2.57. The lowest BCUT2D eigenvalue weighted by Crippen LogP contribution is -2.23. The van der Waals surface area contributed by atoms with Crippen molar-refractivity contribution in [2.75, 3.05) is 5.73 Å². The smallest absolute Gasteiger partial charge is 0.251 e. The Morgan fingerprint density at radius 2 is 2.28 bits per heavy atom. The first-order chi connectivity index (χ1) is 8.54. The van der Waals surface area contributed by atoms with E-state index in [2.05, 4.69) is 32.9 Å². The first kappa shape index (κ1) is 13.3. The van der Waals surface area contributed by atoms with Crippen LogP contribution in [0.3, 0.4) is 0 Å². The number of nitrogens with two attached hydrogens (primary N) is 1. The highest BCUT2D eigenvalue weighted by Crippen LogP contribution is 2.14. The lowest BCUT2D eigenvalue weighted by molar-refractivity contribution is 0.0950. The van der Waals surface area contributed by atoms with E-state index in [1.807, 2.05) is 18.4 Å². The van der Waals surface area contributed by atoms with Crippen LogP contribution in [-0.4, -0.2) is 10.9 Å². The van der Waals surface area contributed by atoms with E-state index in [0.29, 0.717) is 17.8 Å². The molecule has 94 valence electrons. The van der Waals surface area contributed by atoms with Gasteiger partial charge in [-0.2, -0.15) is 0 Å². The van der Waals surface area contributed by atoms with Crippen LogP contribution in [-0.2, 0) is 6.54 Å². The van der Waals surface area contributed by atoms with Crippen LogP contribution < -0.4 is 11.1 Å². The number of carbonyl (C=O) groups is 1. The Labute approximate surface area is 123 Å². The van der Waals surface area contributed by atoms with Gasteiger partial charge in [-0.3, -0.25) is 4.79 Å². The van der Waals surface area contributed by atoms with Gasteiger partial charge in [0.25, 0.3) is 5.91 Å². The molecule has 1 heterocycles. The molecule has 2 aromatic rings. The number of aromatic nitrogens is 1. The van der Waals surface area contributed by atoms with Gasteiger partial charge >= 0.3 is 0 Å². The summed E-state index contributed by atoms with van der Waals surface area (Å²) in [6, 6.07) is 5.30. The fourth-order valence-electron chi connectivity index (χ4n) is 1.51. The predicted molar refractivity (Wildman–Crippen MR) is 81.6 cm³/mol. The Bertz CT molecular complexity index is 562. The van der Waals surface area contributed by atoms with Crippen LogP contribution in [0.15, 0.2) is 23.6 Å². The molecule has 0 spiro atoms. The number of benzene rings is 1. The highest BCUT2D eigenvalue weighted by molar-refractivity contribution is 14.1. The molecule has 0 unspecified atom stereocenters. The first-order valence-corrected chi connectivity index (χ1v) is 7.26. The van der Waals surface area contributed by atoms with Crippen molar-refractivity contribution < 1.29 is 4.79 Å². The molecule has 0 aliphatic carbocycles. The van der Waals surface area contributed by atoms with E-state index in [1.54, 1.807) is 23.5 Å². The molecule has 1 aromatic carbocycles. The highest BCUT2D eigenvalue weighted by Gasteiger charge is 2.08. The van der Waals surface area contributed by atoms with Crippen LogP contribution >= 0.6 is 33.9 Å². The first-order valence-electron chi connectivity index (χ1n) is 5.30. The number of thiazole rings is 1. The molecule has 0 fully saturated rings. The number of anilines is 1. The SMILES string of the molecule is Cc1nc(CNC(=O)c2cc(N)cc(I)c2)cs1. The number of hydrogen-bond acceptors (Lipinski definition) is 4. The zero-order valence-electron chi connectivity index (χ0n) is 9.74. The molecule has 0 saturated carbocycles. The number of nitrogen functional groups attached to an aromatic ring is 1. The number of carbonyl (C=O) groups excluding carboxylic acids is 1. The molecule has 1 amide bonds. The van der Waals surface area contributed by atoms with E-state index in [0.717, 1.165) is 14.3 Å². The van der Waals surface area contributed by atoms with Crippen molar-refractivity contribution in [1.82, 2.24) is 10.3 Å². The zero-order valence-corrected chi connectivity index (χ0v) is 12.7. The molecule has 1 aromatic heterocycles. The number of nitrogens with zero attached hydrogens (tertiary/aromatic N) is 1. The Balaban J connectivity index is 2.03. The normalized spacial score (nSPS) is 10.3. The summed E-state index contributed by atoms with van der Waals surface area (Å²) < 4.78 is 0.947. The fraction of sp³-hybridized carbons (Fsp3) is 0.167. The van der Waals surface area contributed by atoms with Crippen molar-refractivity contribution in [3.63, 3.8) is 0 Å². The van der Waals surface area contributed by atoms with E-state index < -0.39 is 0 Å². The molecule has 0 radical (unpaired) electrons. The monoisotopic (exact) mass is 373 g/mol. The van der Waals surface area contributed by atoms with Gasteiger partial charge in [-0.15, -0.1) is 11.3 Å². The van der Waals surface area contributed by atoms with Crippen molar-refractivity contribution in [2.24, 2.45) is 0 Å². The second-order valence-corrected chi connectivity index (χ2v) is 6.12. The van der Waals surface area contributed by atoms with Gasteiger partial charge in [0, 0.05) is 20.2 Å². The highest BCUT2D eigenvalue weighted by atomic mass is 127. The second-order valence-electron chi connectivity index (χ2n) is 3.81. The Morgan fingerprint density at radius 1 is 1.50 bits per heavy atom. The molecule has 0 aliphatic rings. The van der Waals surface area contributed by atoms with E-state index in [-0.39, 0.29) is 5.91 Å². The minimum atomic E-state index is -0.133. The lowest BCUT2D eigenvalue weighted by Gasteiger charge is -2.05.